The molecule has 2 N–H and O–H groups in total. The first-order chi connectivity index (χ1) is 6.27. The van der Waals surface area contributed by atoms with E-state index in [0.717, 1.165) is 6.42 Å². The van der Waals surface area contributed by atoms with Crippen LogP contribution in [-0.2, 0) is 0 Å². The molecule has 1 aromatic rings. The van der Waals surface area contributed by atoms with Crippen molar-refractivity contribution in [2.24, 2.45) is 0 Å². The monoisotopic (exact) mass is 199 g/mol. The molecule has 0 bridgehead atoms. The highest BCUT2D eigenvalue weighted by atomic mass is 32.1. The Kier molecular flexibility index (Phi) is 3.92. The molecule has 0 aliphatic rings. The van der Waals surface area contributed by atoms with E-state index in [9.17, 15) is 4.79 Å². The second-order valence-electron chi connectivity index (χ2n) is 2.77. The van der Waals surface area contributed by atoms with Crippen molar-refractivity contribution < 1.29 is 9.90 Å². The van der Waals surface area contributed by atoms with E-state index in [1.807, 2.05) is 12.3 Å². The molecular formula is C9H13NO2S. The molecule has 1 rings (SSSR count). The summed E-state index contributed by atoms with van der Waals surface area (Å²) in [6, 6.07) is 1.64. The lowest BCUT2D eigenvalue weighted by Crippen LogP contribution is -2.36. The van der Waals surface area contributed by atoms with Gasteiger partial charge in [-0.15, -0.1) is 0 Å². The minimum absolute atomic E-state index is 0.00756. The maximum absolute atomic E-state index is 11.4. The van der Waals surface area contributed by atoms with Crippen molar-refractivity contribution in [2.45, 2.75) is 19.4 Å². The molecule has 1 aromatic heterocycles. The number of aliphatic hydroxyl groups excluding tert-OH is 1. The van der Waals surface area contributed by atoms with Crippen LogP contribution in [0.5, 0.6) is 0 Å². The van der Waals surface area contributed by atoms with Gasteiger partial charge in [-0.2, -0.15) is 11.3 Å². The van der Waals surface area contributed by atoms with Gasteiger partial charge in [0.1, 0.15) is 0 Å². The van der Waals surface area contributed by atoms with Gasteiger partial charge < -0.3 is 10.4 Å². The third-order valence-corrected chi connectivity index (χ3v) is 2.52. The van der Waals surface area contributed by atoms with Crippen molar-refractivity contribution >= 4 is 17.2 Å². The summed E-state index contributed by atoms with van der Waals surface area (Å²) >= 11 is 1.49. The third kappa shape index (κ3) is 2.82. The molecule has 1 heterocycles. The van der Waals surface area contributed by atoms with Crippen molar-refractivity contribution in [3.63, 3.8) is 0 Å². The van der Waals surface area contributed by atoms with E-state index in [1.165, 1.54) is 11.3 Å². The standard InChI is InChI=1S/C9H13NO2S/c1-2-8(5-11)10-9(12)7-3-4-13-6-7/h3-4,6,8,11H,2,5H2,1H3,(H,10,12)/t8-/m1/s1. The average molecular weight is 199 g/mol. The summed E-state index contributed by atoms with van der Waals surface area (Å²) < 4.78 is 0. The number of aliphatic hydroxyl groups is 1. The zero-order valence-electron chi connectivity index (χ0n) is 7.49. The first kappa shape index (κ1) is 10.2. The van der Waals surface area contributed by atoms with Crippen LogP contribution in [-0.4, -0.2) is 23.7 Å². The van der Waals surface area contributed by atoms with Crippen LogP contribution in [0.3, 0.4) is 0 Å². The Hall–Kier alpha value is -0.870. The third-order valence-electron chi connectivity index (χ3n) is 1.83. The molecule has 4 heteroatoms. The fourth-order valence-corrected chi connectivity index (χ4v) is 1.58. The molecule has 0 spiro atoms. The van der Waals surface area contributed by atoms with Gasteiger partial charge in [-0.3, -0.25) is 4.79 Å². The zero-order chi connectivity index (χ0) is 9.68. The summed E-state index contributed by atoms with van der Waals surface area (Å²) in [6.07, 6.45) is 0.742. The molecular weight excluding hydrogens is 186 g/mol. The van der Waals surface area contributed by atoms with Gasteiger partial charge in [0, 0.05) is 10.9 Å². The van der Waals surface area contributed by atoms with Crippen LogP contribution in [0.2, 0.25) is 0 Å². The number of carbonyl (C=O) groups is 1. The highest BCUT2D eigenvalue weighted by Gasteiger charge is 2.10. The number of amides is 1. The van der Waals surface area contributed by atoms with Crippen molar-refractivity contribution in [3.8, 4) is 0 Å². The van der Waals surface area contributed by atoms with Crippen molar-refractivity contribution in [1.82, 2.24) is 5.32 Å². The first-order valence-electron chi connectivity index (χ1n) is 4.21. The van der Waals surface area contributed by atoms with Gasteiger partial charge in [-0.1, -0.05) is 6.92 Å². The van der Waals surface area contributed by atoms with E-state index >= 15 is 0 Å². The SMILES string of the molecule is CC[C@H](CO)NC(=O)c1ccsc1. The molecule has 72 valence electrons. The molecule has 13 heavy (non-hydrogen) atoms. The Morgan fingerprint density at radius 2 is 2.54 bits per heavy atom. The Balaban J connectivity index is 2.50. The van der Waals surface area contributed by atoms with Crippen LogP contribution in [0.25, 0.3) is 0 Å². The van der Waals surface area contributed by atoms with E-state index in [0.29, 0.717) is 5.56 Å². The molecule has 3 nitrogen and oxygen atoms in total. The van der Waals surface area contributed by atoms with E-state index in [4.69, 9.17) is 5.11 Å². The fourth-order valence-electron chi connectivity index (χ4n) is 0.939. The molecule has 0 aliphatic carbocycles. The maximum Gasteiger partial charge on any atom is 0.252 e. The highest BCUT2D eigenvalue weighted by molar-refractivity contribution is 7.08. The number of carbonyl (C=O) groups excluding carboxylic acids is 1. The number of rotatable bonds is 4. The van der Waals surface area contributed by atoms with Crippen LogP contribution in [0.15, 0.2) is 16.8 Å². The van der Waals surface area contributed by atoms with Crippen LogP contribution in [0, 0.1) is 0 Å². The van der Waals surface area contributed by atoms with Gasteiger partial charge in [0.25, 0.3) is 5.91 Å². The van der Waals surface area contributed by atoms with Gasteiger partial charge in [0.15, 0.2) is 0 Å². The minimum Gasteiger partial charge on any atom is -0.394 e. The van der Waals surface area contributed by atoms with E-state index in [1.54, 1.807) is 11.4 Å². The molecule has 0 unspecified atom stereocenters. The average Bonchev–Trinajstić information content (AvgIpc) is 2.66. The van der Waals surface area contributed by atoms with Gasteiger partial charge >= 0.3 is 0 Å². The Bertz CT molecular complexity index is 255. The summed E-state index contributed by atoms with van der Waals surface area (Å²) in [5.74, 6) is -0.109. The fraction of sp³-hybridized carbons (Fsp3) is 0.444. The van der Waals surface area contributed by atoms with Crippen LogP contribution in [0.4, 0.5) is 0 Å². The summed E-state index contributed by atoms with van der Waals surface area (Å²) in [7, 11) is 0. The summed E-state index contributed by atoms with van der Waals surface area (Å²) in [5, 5.41) is 15.2. The lowest BCUT2D eigenvalue weighted by atomic mass is 10.2. The van der Waals surface area contributed by atoms with Crippen LogP contribution in [0.1, 0.15) is 23.7 Å². The number of thiophene rings is 1. The quantitative estimate of drug-likeness (QED) is 0.766. The second-order valence-corrected chi connectivity index (χ2v) is 3.55. The summed E-state index contributed by atoms with van der Waals surface area (Å²) in [4.78, 5) is 11.4. The van der Waals surface area contributed by atoms with Gasteiger partial charge in [-0.05, 0) is 17.9 Å². The van der Waals surface area contributed by atoms with Crippen molar-refractivity contribution in [2.75, 3.05) is 6.61 Å². The van der Waals surface area contributed by atoms with Crippen LogP contribution >= 0.6 is 11.3 Å². The van der Waals surface area contributed by atoms with Crippen molar-refractivity contribution in [1.29, 1.82) is 0 Å². The lowest BCUT2D eigenvalue weighted by molar-refractivity contribution is 0.0915. The van der Waals surface area contributed by atoms with Crippen LogP contribution < -0.4 is 5.32 Å². The van der Waals surface area contributed by atoms with Gasteiger partial charge in [-0.25, -0.2) is 0 Å². The van der Waals surface area contributed by atoms with E-state index in [-0.39, 0.29) is 18.6 Å². The molecule has 1 amide bonds. The largest absolute Gasteiger partial charge is 0.394 e. The van der Waals surface area contributed by atoms with E-state index in [2.05, 4.69) is 5.32 Å². The predicted molar refractivity (Wildman–Crippen MR) is 53.0 cm³/mol. The van der Waals surface area contributed by atoms with Crippen molar-refractivity contribution in [3.05, 3.63) is 22.4 Å². The summed E-state index contributed by atoms with van der Waals surface area (Å²) in [6.45, 7) is 1.92. The normalized spacial score (nSPS) is 12.5. The molecule has 0 saturated carbocycles. The molecule has 0 saturated heterocycles. The smallest absolute Gasteiger partial charge is 0.252 e. The molecule has 1 atom stereocenters. The second kappa shape index (κ2) is 4.99. The first-order valence-corrected chi connectivity index (χ1v) is 5.16. The topological polar surface area (TPSA) is 49.3 Å². The molecule has 0 aromatic carbocycles. The van der Waals surface area contributed by atoms with Gasteiger partial charge in [0.05, 0.1) is 12.6 Å². The highest BCUT2D eigenvalue weighted by Crippen LogP contribution is 2.06. The van der Waals surface area contributed by atoms with E-state index < -0.39 is 0 Å². The molecule has 0 aliphatic heterocycles. The lowest BCUT2D eigenvalue weighted by Gasteiger charge is -2.12. The Morgan fingerprint density at radius 1 is 1.77 bits per heavy atom. The maximum atomic E-state index is 11.4. The molecule has 0 fully saturated rings. The number of hydrogen-bond donors (Lipinski definition) is 2. The van der Waals surface area contributed by atoms with Gasteiger partial charge in [0.2, 0.25) is 0 Å². The Morgan fingerprint density at radius 3 is 3.00 bits per heavy atom. The minimum atomic E-state index is -0.132. The summed E-state index contributed by atoms with van der Waals surface area (Å²) in [5.41, 5.74) is 0.664. The molecule has 0 radical (unpaired) electrons. The zero-order valence-corrected chi connectivity index (χ0v) is 8.30. The predicted octanol–water partition coefficient (Wildman–Crippen LogP) is 1.25. The number of nitrogens with one attached hydrogen (secondary N) is 1. The Labute approximate surface area is 81.4 Å². The number of hydrogen-bond acceptors (Lipinski definition) is 3.